The highest BCUT2D eigenvalue weighted by atomic mass is 16.5. The molecule has 1 aromatic rings. The Kier molecular flexibility index (Phi) is 6.72. The van der Waals surface area contributed by atoms with Crippen molar-refractivity contribution in [1.29, 1.82) is 0 Å². The minimum absolute atomic E-state index is 0.276. The minimum atomic E-state index is -0.420. The van der Waals surface area contributed by atoms with E-state index in [0.29, 0.717) is 24.3 Å². The molecule has 0 radical (unpaired) electrons. The molecule has 0 heterocycles. The lowest BCUT2D eigenvalue weighted by molar-refractivity contribution is -0.144. The molecule has 0 N–H and O–H groups in total. The number of para-hydroxylation sites is 1. The van der Waals surface area contributed by atoms with E-state index in [1.54, 1.807) is 37.1 Å². The Morgan fingerprint density at radius 3 is 2.48 bits per heavy atom. The number of methoxy groups -OCH3 is 1. The van der Waals surface area contributed by atoms with Gasteiger partial charge in [-0.1, -0.05) is 25.5 Å². The molecule has 116 valence electrons. The Morgan fingerprint density at radius 1 is 1.24 bits per heavy atom. The predicted molar refractivity (Wildman–Crippen MR) is 81.5 cm³/mol. The third kappa shape index (κ3) is 4.21. The van der Waals surface area contributed by atoms with E-state index >= 15 is 0 Å². The number of ether oxygens (including phenoxy) is 2. The summed E-state index contributed by atoms with van der Waals surface area (Å²) in [5, 5.41) is 0. The zero-order valence-corrected chi connectivity index (χ0v) is 13.1. The van der Waals surface area contributed by atoms with E-state index in [-0.39, 0.29) is 5.97 Å². The van der Waals surface area contributed by atoms with Crippen molar-refractivity contribution in [2.75, 3.05) is 25.7 Å². The highest BCUT2D eigenvalue weighted by molar-refractivity contribution is 5.96. The van der Waals surface area contributed by atoms with E-state index in [2.05, 4.69) is 0 Å². The zero-order valence-electron chi connectivity index (χ0n) is 13.1. The maximum Gasteiger partial charge on any atom is 0.339 e. The average molecular weight is 293 g/mol. The first kappa shape index (κ1) is 17.0. The number of nitrogens with zero attached hydrogens (tertiary/aromatic N) is 1. The summed E-state index contributed by atoms with van der Waals surface area (Å²) in [6, 6.07) is 6.66. The molecule has 1 aromatic carbocycles. The molecule has 0 bridgehead atoms. The summed E-state index contributed by atoms with van der Waals surface area (Å²) in [4.78, 5) is 25.8. The lowest BCUT2D eigenvalue weighted by Crippen LogP contribution is -2.40. The average Bonchev–Trinajstić information content (AvgIpc) is 2.51. The summed E-state index contributed by atoms with van der Waals surface area (Å²) < 4.78 is 9.92. The Bertz CT molecular complexity index is 487. The fourth-order valence-electron chi connectivity index (χ4n) is 2.21. The van der Waals surface area contributed by atoms with Crippen molar-refractivity contribution in [3.8, 4) is 0 Å². The number of carbonyl (C=O) groups excluding carboxylic acids is 2. The van der Waals surface area contributed by atoms with Crippen molar-refractivity contribution < 1.29 is 19.1 Å². The summed E-state index contributed by atoms with van der Waals surface area (Å²) in [5.74, 6) is -0.696. The Morgan fingerprint density at radius 2 is 1.90 bits per heavy atom. The van der Waals surface area contributed by atoms with Crippen LogP contribution in [-0.4, -0.2) is 38.7 Å². The number of anilines is 1. The van der Waals surface area contributed by atoms with E-state index < -0.39 is 12.0 Å². The van der Waals surface area contributed by atoms with E-state index in [9.17, 15) is 9.59 Å². The third-order valence-electron chi connectivity index (χ3n) is 3.28. The standard InChI is InChI=1S/C16H23NO4/c1-5-9-14(16(19)21-6-2)17(3)13-11-8-7-10-12(13)15(18)20-4/h7-8,10-11,14H,5-6,9H2,1-4H3. The van der Waals surface area contributed by atoms with Gasteiger partial charge in [0.25, 0.3) is 0 Å². The SMILES string of the molecule is CCCC(C(=O)OCC)N(C)c1ccccc1C(=O)OC. The van der Waals surface area contributed by atoms with E-state index in [1.807, 2.05) is 13.0 Å². The topological polar surface area (TPSA) is 55.8 Å². The molecule has 0 aliphatic carbocycles. The number of likely N-dealkylation sites (N-methyl/N-ethyl adjacent to an activating group) is 1. The number of hydrogen-bond acceptors (Lipinski definition) is 5. The molecular formula is C16H23NO4. The lowest BCUT2D eigenvalue weighted by Gasteiger charge is -2.29. The van der Waals surface area contributed by atoms with E-state index in [4.69, 9.17) is 9.47 Å². The number of esters is 2. The monoisotopic (exact) mass is 293 g/mol. The molecule has 5 nitrogen and oxygen atoms in total. The van der Waals surface area contributed by atoms with Crippen molar-refractivity contribution in [3.05, 3.63) is 29.8 Å². The van der Waals surface area contributed by atoms with Gasteiger partial charge in [0, 0.05) is 7.05 Å². The maximum absolute atomic E-state index is 12.1. The van der Waals surface area contributed by atoms with Crippen LogP contribution in [0.4, 0.5) is 5.69 Å². The van der Waals surface area contributed by atoms with Gasteiger partial charge in [-0.25, -0.2) is 9.59 Å². The summed E-state index contributed by atoms with van der Waals surface area (Å²) in [6.45, 7) is 4.13. The molecule has 0 fully saturated rings. The van der Waals surface area contributed by atoms with Gasteiger partial charge in [-0.15, -0.1) is 0 Å². The quantitative estimate of drug-likeness (QED) is 0.723. The molecule has 0 aliphatic rings. The van der Waals surface area contributed by atoms with Crippen LogP contribution in [-0.2, 0) is 14.3 Å². The van der Waals surface area contributed by atoms with Gasteiger partial charge < -0.3 is 14.4 Å². The molecule has 1 unspecified atom stereocenters. The molecular weight excluding hydrogens is 270 g/mol. The highest BCUT2D eigenvalue weighted by Crippen LogP contribution is 2.24. The van der Waals surface area contributed by atoms with Crippen LogP contribution in [0.3, 0.4) is 0 Å². The van der Waals surface area contributed by atoms with Crippen LogP contribution in [0.2, 0.25) is 0 Å². The fraction of sp³-hybridized carbons (Fsp3) is 0.500. The summed E-state index contributed by atoms with van der Waals surface area (Å²) in [7, 11) is 3.13. The number of benzene rings is 1. The number of rotatable bonds is 7. The van der Waals surface area contributed by atoms with Crippen LogP contribution in [0.1, 0.15) is 37.0 Å². The van der Waals surface area contributed by atoms with Crippen molar-refractivity contribution in [2.24, 2.45) is 0 Å². The van der Waals surface area contributed by atoms with E-state index in [1.165, 1.54) is 7.11 Å². The molecule has 0 saturated carbocycles. The summed E-state index contributed by atoms with van der Waals surface area (Å²) >= 11 is 0. The van der Waals surface area contributed by atoms with Crippen LogP contribution in [0.5, 0.6) is 0 Å². The molecule has 21 heavy (non-hydrogen) atoms. The van der Waals surface area contributed by atoms with Crippen LogP contribution in [0, 0.1) is 0 Å². The fourth-order valence-corrected chi connectivity index (χ4v) is 2.21. The van der Waals surface area contributed by atoms with Crippen molar-refractivity contribution in [2.45, 2.75) is 32.7 Å². The molecule has 1 rings (SSSR count). The van der Waals surface area contributed by atoms with Gasteiger partial charge >= 0.3 is 11.9 Å². The van der Waals surface area contributed by atoms with Gasteiger partial charge in [0.15, 0.2) is 0 Å². The second-order valence-corrected chi connectivity index (χ2v) is 4.68. The molecule has 0 spiro atoms. The van der Waals surface area contributed by atoms with Crippen LogP contribution in [0.25, 0.3) is 0 Å². The smallest absolute Gasteiger partial charge is 0.339 e. The number of carbonyl (C=O) groups is 2. The van der Waals surface area contributed by atoms with Crippen LogP contribution >= 0.6 is 0 Å². The second kappa shape index (κ2) is 8.29. The van der Waals surface area contributed by atoms with Gasteiger partial charge in [0.1, 0.15) is 6.04 Å². The third-order valence-corrected chi connectivity index (χ3v) is 3.28. The molecule has 1 atom stereocenters. The van der Waals surface area contributed by atoms with E-state index in [0.717, 1.165) is 6.42 Å². The molecule has 0 aliphatic heterocycles. The first-order valence-electron chi connectivity index (χ1n) is 7.13. The van der Waals surface area contributed by atoms with Crippen LogP contribution < -0.4 is 4.90 Å². The van der Waals surface area contributed by atoms with Gasteiger partial charge in [-0.2, -0.15) is 0 Å². The number of hydrogen-bond donors (Lipinski definition) is 0. The van der Waals surface area contributed by atoms with Crippen LogP contribution in [0.15, 0.2) is 24.3 Å². The Hall–Kier alpha value is -2.04. The zero-order chi connectivity index (χ0) is 15.8. The first-order chi connectivity index (χ1) is 10.1. The highest BCUT2D eigenvalue weighted by Gasteiger charge is 2.26. The lowest BCUT2D eigenvalue weighted by atomic mass is 10.1. The summed E-state index contributed by atoms with van der Waals surface area (Å²) in [5.41, 5.74) is 1.10. The molecule has 5 heteroatoms. The maximum atomic E-state index is 12.1. The van der Waals surface area contributed by atoms with Crippen molar-refractivity contribution in [3.63, 3.8) is 0 Å². The normalized spacial score (nSPS) is 11.6. The van der Waals surface area contributed by atoms with Gasteiger partial charge in [0.2, 0.25) is 0 Å². The molecule has 0 aromatic heterocycles. The van der Waals surface area contributed by atoms with Gasteiger partial charge in [-0.3, -0.25) is 0 Å². The minimum Gasteiger partial charge on any atom is -0.465 e. The van der Waals surface area contributed by atoms with Gasteiger partial charge in [-0.05, 0) is 25.5 Å². The van der Waals surface area contributed by atoms with Gasteiger partial charge in [0.05, 0.1) is 25.0 Å². The van der Waals surface area contributed by atoms with Crippen molar-refractivity contribution in [1.82, 2.24) is 0 Å². The Balaban J connectivity index is 3.11. The molecule has 0 saturated heterocycles. The second-order valence-electron chi connectivity index (χ2n) is 4.68. The Labute approximate surface area is 125 Å². The largest absolute Gasteiger partial charge is 0.465 e. The predicted octanol–water partition coefficient (Wildman–Crippen LogP) is 2.64. The van der Waals surface area contributed by atoms with Crippen molar-refractivity contribution >= 4 is 17.6 Å². The first-order valence-corrected chi connectivity index (χ1v) is 7.13. The molecule has 0 amide bonds. The summed E-state index contributed by atoms with van der Waals surface area (Å²) in [6.07, 6.45) is 1.50.